The lowest BCUT2D eigenvalue weighted by atomic mass is 10.1. The van der Waals surface area contributed by atoms with Gasteiger partial charge in [-0.1, -0.05) is 33.6 Å². The van der Waals surface area contributed by atoms with Crippen molar-refractivity contribution in [2.24, 2.45) is 16.2 Å². The lowest BCUT2D eigenvalue weighted by Gasteiger charge is -2.03. The maximum atomic E-state index is 5.30. The van der Waals surface area contributed by atoms with Gasteiger partial charge in [-0.15, -0.1) is 6.42 Å². The highest BCUT2D eigenvalue weighted by Crippen LogP contribution is 2.11. The Balaban J connectivity index is 3.89. The molecule has 0 bridgehead atoms. The Labute approximate surface area is 80.2 Å². The second-order valence-corrected chi connectivity index (χ2v) is 4.24. The fourth-order valence-corrected chi connectivity index (χ4v) is 1.33. The molecule has 0 aliphatic heterocycles. The fourth-order valence-electron chi connectivity index (χ4n) is 0.554. The molecule has 0 aliphatic carbocycles. The van der Waals surface area contributed by atoms with E-state index in [0.717, 1.165) is 11.5 Å². The van der Waals surface area contributed by atoms with Gasteiger partial charge in [0.2, 0.25) is 0 Å². The second-order valence-electron chi connectivity index (χ2n) is 3.47. The van der Waals surface area contributed by atoms with E-state index in [-0.39, 0.29) is 0 Å². The minimum absolute atomic E-state index is 0.370. The van der Waals surface area contributed by atoms with E-state index in [2.05, 4.69) is 38.0 Å². The molecule has 0 amide bonds. The summed E-state index contributed by atoms with van der Waals surface area (Å²) < 4.78 is 4.28. The Morgan fingerprint density at radius 2 is 2.00 bits per heavy atom. The van der Waals surface area contributed by atoms with E-state index in [1.165, 1.54) is 0 Å². The van der Waals surface area contributed by atoms with E-state index in [1.807, 2.05) is 0 Å². The van der Waals surface area contributed by atoms with Crippen molar-refractivity contribution in [1.29, 1.82) is 0 Å². The van der Waals surface area contributed by atoms with Gasteiger partial charge in [0.05, 0.1) is 0 Å². The van der Waals surface area contributed by atoms with Crippen LogP contribution in [0.3, 0.4) is 0 Å². The minimum Gasteiger partial charge on any atom is -0.212 e. The molecule has 0 radical (unpaired) electrons. The molecule has 0 aromatic rings. The number of hydrogen-bond acceptors (Lipinski definition) is 2. The van der Waals surface area contributed by atoms with Crippen molar-refractivity contribution in [2.45, 2.75) is 27.7 Å². The van der Waals surface area contributed by atoms with Crippen molar-refractivity contribution < 1.29 is 0 Å². The van der Waals surface area contributed by atoms with E-state index < -0.39 is 0 Å². The van der Waals surface area contributed by atoms with Crippen LogP contribution < -0.4 is 0 Å². The van der Waals surface area contributed by atoms with Crippen molar-refractivity contribution in [3.05, 3.63) is 0 Å². The maximum Gasteiger partial charge on any atom is 0.100 e. The molecule has 0 rings (SSSR count). The van der Waals surface area contributed by atoms with Crippen LogP contribution in [-0.2, 0) is 0 Å². The van der Waals surface area contributed by atoms with Crippen LogP contribution in [0.5, 0.6) is 0 Å². The van der Waals surface area contributed by atoms with Gasteiger partial charge in [-0.25, -0.2) is 4.40 Å². The van der Waals surface area contributed by atoms with Gasteiger partial charge in [0, 0.05) is 11.7 Å². The molecule has 12 heavy (non-hydrogen) atoms. The first-order valence-electron chi connectivity index (χ1n) is 4.24. The normalized spacial score (nSPS) is 12.2. The number of hydrogen-bond donors (Lipinski definition) is 0. The third-order valence-corrected chi connectivity index (χ3v) is 2.41. The molecule has 0 heterocycles. The van der Waals surface area contributed by atoms with E-state index in [9.17, 15) is 0 Å². The van der Waals surface area contributed by atoms with Gasteiger partial charge in [0.15, 0.2) is 0 Å². The predicted molar refractivity (Wildman–Crippen MR) is 58.4 cm³/mol. The van der Waals surface area contributed by atoms with Gasteiger partial charge in [-0.3, -0.25) is 0 Å². The van der Waals surface area contributed by atoms with E-state index >= 15 is 0 Å². The molecule has 0 saturated heterocycles. The van der Waals surface area contributed by atoms with Crippen LogP contribution in [0.15, 0.2) is 4.40 Å². The third kappa shape index (κ3) is 5.26. The fraction of sp³-hybridized carbons (Fsp3) is 0.700. The zero-order chi connectivity index (χ0) is 9.56. The molecule has 0 spiro atoms. The van der Waals surface area contributed by atoms with Crippen molar-refractivity contribution in [1.82, 2.24) is 0 Å². The quantitative estimate of drug-likeness (QED) is 0.371. The Morgan fingerprint density at radius 3 is 2.33 bits per heavy atom. The van der Waals surface area contributed by atoms with Crippen LogP contribution in [0.1, 0.15) is 27.7 Å². The van der Waals surface area contributed by atoms with Crippen molar-refractivity contribution in [3.8, 4) is 12.3 Å². The third-order valence-electron chi connectivity index (χ3n) is 1.27. The van der Waals surface area contributed by atoms with Crippen LogP contribution >= 0.6 is 11.9 Å². The summed E-state index contributed by atoms with van der Waals surface area (Å²) in [6.07, 6.45) is 5.30. The van der Waals surface area contributed by atoms with Gasteiger partial charge < -0.3 is 0 Å². The molecule has 0 fully saturated rings. The zero-order valence-corrected chi connectivity index (χ0v) is 9.11. The van der Waals surface area contributed by atoms with Gasteiger partial charge in [0.1, 0.15) is 5.71 Å². The highest BCUT2D eigenvalue weighted by molar-refractivity contribution is 7.98. The average Bonchev–Trinajstić information content (AvgIpc) is 1.96. The van der Waals surface area contributed by atoms with Crippen LogP contribution in [0, 0.1) is 24.2 Å². The maximum absolute atomic E-state index is 5.30. The lowest BCUT2D eigenvalue weighted by molar-refractivity contribution is 0.750. The Kier molecular flexibility index (Phi) is 5.92. The molecule has 68 valence electrons. The molecule has 0 aliphatic rings. The first-order valence-corrected chi connectivity index (χ1v) is 5.18. The first-order chi connectivity index (χ1) is 5.57. The summed E-state index contributed by atoms with van der Waals surface area (Å²) >= 11 is 1.57. The molecule has 0 unspecified atom stereocenters. The summed E-state index contributed by atoms with van der Waals surface area (Å²) in [7, 11) is 0. The van der Waals surface area contributed by atoms with Crippen LogP contribution in [0.25, 0.3) is 0 Å². The Hall–Kier alpha value is -0.420. The molecule has 0 atom stereocenters. The summed E-state index contributed by atoms with van der Waals surface area (Å²) in [5.41, 5.74) is 0.862. The van der Waals surface area contributed by atoms with E-state index in [4.69, 9.17) is 6.42 Å². The molecule has 0 aromatic carbocycles. The number of rotatable bonds is 4. The molecule has 0 aromatic heterocycles. The topological polar surface area (TPSA) is 12.4 Å². The van der Waals surface area contributed by atoms with Crippen molar-refractivity contribution in [3.63, 3.8) is 0 Å². The molecule has 0 N–H and O–H groups in total. The van der Waals surface area contributed by atoms with Crippen molar-refractivity contribution >= 4 is 17.7 Å². The standard InChI is InChI=1S/C10H17NS/c1-6-10(9(4)5)11-12-7-8(2)3/h1,8-9H,7H2,2-5H3/b11-10+. The first kappa shape index (κ1) is 11.6. The predicted octanol–water partition coefficient (Wildman–Crippen LogP) is 3.02. The van der Waals surface area contributed by atoms with Crippen molar-refractivity contribution in [2.75, 3.05) is 5.75 Å². The van der Waals surface area contributed by atoms with Crippen LogP contribution in [0.2, 0.25) is 0 Å². The summed E-state index contributed by atoms with van der Waals surface area (Å²) in [5, 5.41) is 0. The monoisotopic (exact) mass is 183 g/mol. The highest BCUT2D eigenvalue weighted by atomic mass is 32.2. The van der Waals surface area contributed by atoms with E-state index in [1.54, 1.807) is 11.9 Å². The second kappa shape index (κ2) is 6.14. The summed E-state index contributed by atoms with van der Waals surface area (Å²) in [5.74, 6) is 4.69. The van der Waals surface area contributed by atoms with E-state index in [0.29, 0.717) is 11.8 Å². The van der Waals surface area contributed by atoms with Crippen LogP contribution in [-0.4, -0.2) is 11.5 Å². The SMILES string of the molecule is C#C/C(=N\SCC(C)C)C(C)C. The van der Waals surface area contributed by atoms with Gasteiger partial charge >= 0.3 is 0 Å². The largest absolute Gasteiger partial charge is 0.212 e. The zero-order valence-electron chi connectivity index (χ0n) is 8.29. The molecule has 1 nitrogen and oxygen atoms in total. The Bertz CT molecular complexity index is 187. The van der Waals surface area contributed by atoms with Gasteiger partial charge in [-0.2, -0.15) is 0 Å². The smallest absolute Gasteiger partial charge is 0.100 e. The molecule has 0 saturated carbocycles. The molecular weight excluding hydrogens is 166 g/mol. The number of nitrogens with zero attached hydrogens (tertiary/aromatic N) is 1. The summed E-state index contributed by atoms with van der Waals surface area (Å²) in [6, 6.07) is 0. The number of terminal acetylenes is 1. The average molecular weight is 183 g/mol. The molecule has 2 heteroatoms. The minimum atomic E-state index is 0.370. The lowest BCUT2D eigenvalue weighted by Crippen LogP contribution is -2.03. The summed E-state index contributed by atoms with van der Waals surface area (Å²) in [4.78, 5) is 0. The molecular formula is C10H17NS. The van der Waals surface area contributed by atoms with Gasteiger partial charge in [-0.05, 0) is 17.9 Å². The van der Waals surface area contributed by atoms with Crippen LogP contribution in [0.4, 0.5) is 0 Å². The highest BCUT2D eigenvalue weighted by Gasteiger charge is 2.01. The van der Waals surface area contributed by atoms with Gasteiger partial charge in [0.25, 0.3) is 0 Å². The summed E-state index contributed by atoms with van der Waals surface area (Å²) in [6.45, 7) is 8.48. The Morgan fingerprint density at radius 1 is 1.42 bits per heavy atom.